The number of phenolic OH excluding ortho intramolecular Hbond substituents is 2. The molecule has 2 amide bonds. The number of carbonyl (C=O) groups is 5. The molecule has 0 spiro atoms. The number of aromatic hydroxyl groups is 2. The van der Waals surface area contributed by atoms with Crippen LogP contribution in [-0.2, 0) is 24.0 Å². The van der Waals surface area contributed by atoms with E-state index in [0.29, 0.717) is 21.7 Å². The van der Waals surface area contributed by atoms with Gasteiger partial charge in [-0.3, -0.25) is 14.5 Å². The fraction of sp³-hybridized carbons (Fsp3) is 0.292. The van der Waals surface area contributed by atoms with E-state index in [0.717, 1.165) is 28.0 Å². The lowest BCUT2D eigenvalue weighted by atomic mass is 10.0. The number of thioether (sulfide) groups is 2. The second-order valence-corrected chi connectivity index (χ2v) is 12.6. The third kappa shape index (κ3) is 6.14. The number of oxime groups is 1. The van der Waals surface area contributed by atoms with Crippen LogP contribution in [0.5, 0.6) is 11.5 Å². The van der Waals surface area contributed by atoms with Gasteiger partial charge in [-0.2, -0.15) is 0 Å². The van der Waals surface area contributed by atoms with Gasteiger partial charge in [0.25, 0.3) is 11.8 Å². The van der Waals surface area contributed by atoms with Crippen molar-refractivity contribution in [3.05, 3.63) is 35.2 Å². The number of thiazole rings is 1. The number of rotatable bonds is 11. The van der Waals surface area contributed by atoms with Gasteiger partial charge in [-0.05, 0) is 43.2 Å². The van der Waals surface area contributed by atoms with Crippen molar-refractivity contribution in [3.63, 3.8) is 0 Å². The zero-order chi connectivity index (χ0) is 30.9. The van der Waals surface area contributed by atoms with Crippen LogP contribution in [0.25, 0.3) is 10.4 Å². The Morgan fingerprint density at radius 1 is 1.19 bits per heavy atom. The second-order valence-electron chi connectivity index (χ2n) is 9.25. The average molecular weight is 639 g/mol. The lowest BCUT2D eigenvalue weighted by Crippen LogP contribution is -2.70. The molecule has 222 valence electrons. The van der Waals surface area contributed by atoms with Gasteiger partial charge in [0.2, 0.25) is 5.60 Å². The zero-order valence-corrected chi connectivity index (χ0v) is 24.1. The molecule has 1 aromatic carbocycles. The van der Waals surface area contributed by atoms with Gasteiger partial charge in [0.05, 0.1) is 4.88 Å². The number of nitrogens with one attached hydrogen (secondary N) is 1. The maximum atomic E-state index is 12.8. The molecule has 15 nitrogen and oxygen atoms in total. The maximum Gasteiger partial charge on any atom is 0.356 e. The van der Waals surface area contributed by atoms with E-state index in [9.17, 15) is 44.4 Å². The molecular formula is C24H22N4O11S3. The minimum absolute atomic E-state index is 0.0678. The summed E-state index contributed by atoms with van der Waals surface area (Å²) in [6, 6.07) is 2.79. The van der Waals surface area contributed by atoms with Crippen molar-refractivity contribution < 1.29 is 54.3 Å². The Kier molecular flexibility index (Phi) is 8.69. The van der Waals surface area contributed by atoms with Crippen molar-refractivity contribution in [2.24, 2.45) is 5.16 Å². The quantitative estimate of drug-likeness (QED) is 0.0674. The lowest BCUT2D eigenvalue weighted by molar-refractivity contribution is -0.161. The van der Waals surface area contributed by atoms with Gasteiger partial charge in [-0.15, -0.1) is 23.1 Å². The molecule has 2 aromatic rings. The molecule has 18 heteroatoms. The van der Waals surface area contributed by atoms with Crippen molar-refractivity contribution in [1.29, 1.82) is 0 Å². The largest absolute Gasteiger partial charge is 0.504 e. The van der Waals surface area contributed by atoms with Crippen molar-refractivity contribution in [2.75, 3.05) is 11.5 Å². The van der Waals surface area contributed by atoms with E-state index in [1.807, 2.05) is 0 Å². The van der Waals surface area contributed by atoms with E-state index in [1.165, 1.54) is 43.8 Å². The average Bonchev–Trinajstić information content (AvgIpc) is 3.36. The van der Waals surface area contributed by atoms with Crippen molar-refractivity contribution in [2.45, 2.75) is 35.2 Å². The molecule has 2 atom stereocenters. The number of fused-ring (bicyclic) bond motifs is 1. The summed E-state index contributed by atoms with van der Waals surface area (Å²) in [7, 11) is 0. The molecule has 1 saturated heterocycles. The molecular weight excluding hydrogens is 616 g/mol. The van der Waals surface area contributed by atoms with Gasteiger partial charge in [0.1, 0.15) is 23.3 Å². The fourth-order valence-corrected chi connectivity index (χ4v) is 7.36. The Morgan fingerprint density at radius 2 is 1.90 bits per heavy atom. The molecule has 3 heterocycles. The third-order valence-corrected chi connectivity index (χ3v) is 9.60. The predicted molar refractivity (Wildman–Crippen MR) is 150 cm³/mol. The number of hydrogen-bond donors (Lipinski definition) is 6. The predicted octanol–water partition coefficient (Wildman–Crippen LogP) is 1.62. The Labute approximate surface area is 248 Å². The molecule has 0 saturated carbocycles. The third-order valence-electron chi connectivity index (χ3n) is 5.93. The van der Waals surface area contributed by atoms with Crippen LogP contribution in [0.4, 0.5) is 0 Å². The molecule has 1 fully saturated rings. The molecule has 4 rings (SSSR count). The highest BCUT2D eigenvalue weighted by molar-refractivity contribution is 8.02. The molecule has 6 N–H and O–H groups in total. The first-order valence-corrected chi connectivity index (χ1v) is 14.6. The highest BCUT2D eigenvalue weighted by Gasteiger charge is 2.54. The van der Waals surface area contributed by atoms with E-state index >= 15 is 0 Å². The summed E-state index contributed by atoms with van der Waals surface area (Å²) in [6.07, 6.45) is 0.678. The summed E-state index contributed by atoms with van der Waals surface area (Å²) in [5.41, 5.74) is -1.52. The first-order valence-electron chi connectivity index (χ1n) is 11.8. The number of phenols is 2. The number of aromatic carboxylic acids is 1. The Morgan fingerprint density at radius 3 is 2.52 bits per heavy atom. The number of carbonyl (C=O) groups excluding carboxylic acids is 2. The van der Waals surface area contributed by atoms with E-state index in [-0.39, 0.29) is 33.5 Å². The van der Waals surface area contributed by atoms with Crippen LogP contribution < -0.4 is 5.32 Å². The van der Waals surface area contributed by atoms with Gasteiger partial charge in [0, 0.05) is 11.5 Å². The first-order chi connectivity index (χ1) is 19.7. The zero-order valence-electron chi connectivity index (χ0n) is 21.6. The topological polar surface area (TPSA) is 236 Å². The van der Waals surface area contributed by atoms with Gasteiger partial charge in [-0.25, -0.2) is 19.4 Å². The van der Waals surface area contributed by atoms with Crippen LogP contribution in [0.3, 0.4) is 0 Å². The number of β-lactam (4-membered cyclic amide) rings is 1. The summed E-state index contributed by atoms with van der Waals surface area (Å²) >= 11 is 3.29. The van der Waals surface area contributed by atoms with E-state index in [1.54, 1.807) is 0 Å². The van der Waals surface area contributed by atoms with Crippen molar-refractivity contribution in [3.8, 4) is 21.9 Å². The van der Waals surface area contributed by atoms with E-state index < -0.39 is 52.5 Å². The second kappa shape index (κ2) is 11.9. The van der Waals surface area contributed by atoms with Crippen LogP contribution in [0.2, 0.25) is 0 Å². The fourth-order valence-electron chi connectivity index (χ4n) is 3.75. The summed E-state index contributed by atoms with van der Waals surface area (Å²) in [6.45, 7) is 2.46. The smallest absolute Gasteiger partial charge is 0.356 e. The summed E-state index contributed by atoms with van der Waals surface area (Å²) in [4.78, 5) is 70.2. The number of hydrogen-bond acceptors (Lipinski definition) is 13. The summed E-state index contributed by atoms with van der Waals surface area (Å²) < 4.78 is 0.298. The lowest BCUT2D eigenvalue weighted by Gasteiger charge is -2.49. The minimum atomic E-state index is -1.68. The molecule has 0 radical (unpaired) electrons. The highest BCUT2D eigenvalue weighted by Crippen LogP contribution is 2.43. The normalized spacial score (nSPS) is 18.4. The number of carboxylic acids is 3. The van der Waals surface area contributed by atoms with E-state index in [2.05, 4.69) is 15.5 Å². The Bertz CT molecular complexity index is 1550. The number of carboxylic acid groups (broad SMARTS) is 3. The van der Waals surface area contributed by atoms with Crippen LogP contribution in [0.15, 0.2) is 39.0 Å². The molecule has 0 aliphatic carbocycles. The molecule has 0 bridgehead atoms. The van der Waals surface area contributed by atoms with Crippen LogP contribution in [0.1, 0.15) is 24.3 Å². The van der Waals surface area contributed by atoms with Crippen LogP contribution in [0, 0.1) is 0 Å². The van der Waals surface area contributed by atoms with Crippen LogP contribution >= 0.6 is 34.9 Å². The number of benzene rings is 1. The molecule has 2 aliphatic heterocycles. The highest BCUT2D eigenvalue weighted by atomic mass is 32.2. The molecule has 0 unspecified atom stereocenters. The summed E-state index contributed by atoms with van der Waals surface area (Å²) in [5.74, 6) is -6.04. The maximum absolute atomic E-state index is 12.8. The molecule has 1 aromatic heterocycles. The standard InChI is InChI=1S/C24H22N4O11S3/c1-24(2,22(37)38)39-25-6-13(31)26-15-18(32)28-16(21(35)36)10(7-40-19(15)28)8-41-23-27-14(20(33)34)17(42-23)9-3-4-11(29)12(30)5-9/h3-6,15,19,29-30H,7-8H2,1-2H3,(H,26,31)(H,33,34)(H,35,36)(H,37,38)/t15-,19+/m1/s1. The van der Waals surface area contributed by atoms with Gasteiger partial charge >= 0.3 is 17.9 Å². The van der Waals surface area contributed by atoms with E-state index in [4.69, 9.17) is 9.94 Å². The van der Waals surface area contributed by atoms with Crippen molar-refractivity contribution in [1.82, 2.24) is 15.2 Å². The monoisotopic (exact) mass is 638 g/mol. The van der Waals surface area contributed by atoms with Crippen molar-refractivity contribution >= 4 is 70.8 Å². The summed E-state index contributed by atoms with van der Waals surface area (Å²) in [5, 5.41) is 52.9. The number of amides is 2. The van der Waals surface area contributed by atoms with Gasteiger partial charge < -0.3 is 35.7 Å². The van der Waals surface area contributed by atoms with Gasteiger partial charge in [0.15, 0.2) is 21.5 Å². The minimum Gasteiger partial charge on any atom is -0.504 e. The number of aliphatic carboxylic acids is 2. The Hall–Kier alpha value is -4.29. The van der Waals surface area contributed by atoms with Crippen LogP contribution in [-0.4, -0.2) is 99.9 Å². The first kappa shape index (κ1) is 30.7. The molecule has 2 aliphatic rings. The molecule has 42 heavy (non-hydrogen) atoms. The Balaban J connectivity index is 1.46. The van der Waals surface area contributed by atoms with Gasteiger partial charge in [-0.1, -0.05) is 16.9 Å². The number of nitrogens with zero attached hydrogens (tertiary/aromatic N) is 3. The number of aromatic nitrogens is 1. The SMILES string of the molecule is CC(C)(ON=CC(=O)N[C@@H]1C(=O)N2C(C(=O)O)=C(CSc3nc(C(=O)O)c(-c4ccc(O)c(O)c4)s3)CS[C@@H]12)C(=O)O.